The number of nitrogens with zero attached hydrogens (tertiary/aromatic N) is 1. The van der Waals surface area contributed by atoms with Gasteiger partial charge in [-0.3, -0.25) is 9.82 Å². The predicted octanol–water partition coefficient (Wildman–Crippen LogP) is 2.13. The molecule has 0 fully saturated rings. The van der Waals surface area contributed by atoms with Crippen molar-refractivity contribution in [3.05, 3.63) is 53.1 Å². The Morgan fingerprint density at radius 3 is 2.61 bits per heavy atom. The van der Waals surface area contributed by atoms with E-state index in [-0.39, 0.29) is 5.82 Å². The van der Waals surface area contributed by atoms with Crippen molar-refractivity contribution < 1.29 is 8.42 Å². The Labute approximate surface area is 106 Å². The molecule has 18 heavy (non-hydrogen) atoms. The molecule has 0 aliphatic rings. The molecule has 1 aromatic heterocycles. The maximum atomic E-state index is 11.7. The summed E-state index contributed by atoms with van der Waals surface area (Å²) in [6.07, 6.45) is 1.53. The number of rotatable bonds is 4. The summed E-state index contributed by atoms with van der Waals surface area (Å²) in [4.78, 5) is 0. The first-order chi connectivity index (χ1) is 8.55. The van der Waals surface area contributed by atoms with Crippen LogP contribution in [0.1, 0.15) is 11.3 Å². The molecule has 6 heteroatoms. The van der Waals surface area contributed by atoms with Crippen LogP contribution in [-0.4, -0.2) is 18.6 Å². The minimum atomic E-state index is -3.53. The molecule has 2 aromatic rings. The zero-order valence-electron chi connectivity index (χ0n) is 9.79. The number of aromatic nitrogens is 2. The second-order valence-corrected chi connectivity index (χ2v) is 5.36. The minimum Gasteiger partial charge on any atom is -0.281 e. The highest BCUT2D eigenvalue weighted by atomic mass is 32.2. The van der Waals surface area contributed by atoms with Crippen molar-refractivity contribution in [2.75, 3.05) is 4.72 Å². The Morgan fingerprint density at radius 1 is 1.28 bits per heavy atom. The van der Waals surface area contributed by atoms with Crippen LogP contribution >= 0.6 is 0 Å². The third-order valence-electron chi connectivity index (χ3n) is 2.19. The molecule has 0 unspecified atom stereocenters. The van der Waals surface area contributed by atoms with Gasteiger partial charge < -0.3 is 0 Å². The Hall–Kier alpha value is -2.08. The van der Waals surface area contributed by atoms with E-state index in [0.717, 1.165) is 16.7 Å². The van der Waals surface area contributed by atoms with Crippen LogP contribution in [0.15, 0.2) is 41.8 Å². The lowest BCUT2D eigenvalue weighted by molar-refractivity contribution is 0.609. The molecule has 0 saturated heterocycles. The van der Waals surface area contributed by atoms with E-state index < -0.39 is 10.0 Å². The van der Waals surface area contributed by atoms with E-state index >= 15 is 0 Å². The van der Waals surface area contributed by atoms with Gasteiger partial charge in [-0.05, 0) is 18.6 Å². The monoisotopic (exact) mass is 263 g/mol. The highest BCUT2D eigenvalue weighted by molar-refractivity contribution is 7.95. The van der Waals surface area contributed by atoms with E-state index in [1.54, 1.807) is 13.0 Å². The summed E-state index contributed by atoms with van der Waals surface area (Å²) >= 11 is 0. The molecule has 0 bridgehead atoms. The van der Waals surface area contributed by atoms with Crippen LogP contribution in [0, 0.1) is 6.92 Å². The molecule has 0 radical (unpaired) electrons. The van der Waals surface area contributed by atoms with Crippen LogP contribution in [0.25, 0.3) is 6.08 Å². The maximum absolute atomic E-state index is 11.7. The number of hydrogen-bond donors (Lipinski definition) is 2. The third-order valence-corrected chi connectivity index (χ3v) is 3.18. The van der Waals surface area contributed by atoms with E-state index in [9.17, 15) is 8.42 Å². The van der Waals surface area contributed by atoms with Crippen molar-refractivity contribution in [2.24, 2.45) is 0 Å². The van der Waals surface area contributed by atoms with E-state index in [1.165, 1.54) is 6.08 Å². The van der Waals surface area contributed by atoms with Crippen LogP contribution in [-0.2, 0) is 10.0 Å². The molecule has 2 N–H and O–H groups in total. The standard InChI is InChI=1S/C12H13N3O2S/c1-10-9-12(14-13-10)15-18(16,17)8-7-11-5-3-2-4-6-11/h2-9H,1H3,(H2,13,14,15). The second-order valence-electron chi connectivity index (χ2n) is 3.80. The van der Waals surface area contributed by atoms with E-state index in [4.69, 9.17) is 0 Å². The zero-order chi connectivity index (χ0) is 13.0. The van der Waals surface area contributed by atoms with Crippen molar-refractivity contribution in [2.45, 2.75) is 6.92 Å². The Balaban J connectivity index is 2.10. The fourth-order valence-corrected chi connectivity index (χ4v) is 2.18. The lowest BCUT2D eigenvalue weighted by Gasteiger charge is -1.99. The first-order valence-electron chi connectivity index (χ1n) is 5.33. The van der Waals surface area contributed by atoms with Gasteiger partial charge in [0.2, 0.25) is 0 Å². The van der Waals surface area contributed by atoms with Crippen molar-refractivity contribution in [3.8, 4) is 0 Å². The molecule has 0 spiro atoms. The summed E-state index contributed by atoms with van der Waals surface area (Å²) < 4.78 is 25.8. The molecule has 0 saturated carbocycles. The Morgan fingerprint density at radius 2 is 2.00 bits per heavy atom. The van der Waals surface area contributed by atoms with Crippen LogP contribution in [0.4, 0.5) is 5.82 Å². The van der Waals surface area contributed by atoms with Gasteiger partial charge in [-0.2, -0.15) is 5.10 Å². The molecule has 0 aliphatic carbocycles. The van der Waals surface area contributed by atoms with Crippen molar-refractivity contribution in [1.29, 1.82) is 0 Å². The van der Waals surface area contributed by atoms with Gasteiger partial charge in [-0.25, -0.2) is 8.42 Å². The second kappa shape index (κ2) is 5.05. The molecule has 1 aromatic carbocycles. The lowest BCUT2D eigenvalue weighted by Crippen LogP contribution is -2.08. The highest BCUT2D eigenvalue weighted by Gasteiger charge is 2.07. The first-order valence-corrected chi connectivity index (χ1v) is 6.88. The minimum absolute atomic E-state index is 0.283. The van der Waals surface area contributed by atoms with Crippen LogP contribution in [0.2, 0.25) is 0 Å². The summed E-state index contributed by atoms with van der Waals surface area (Å²) in [5.41, 5.74) is 1.61. The van der Waals surface area contributed by atoms with Crippen LogP contribution < -0.4 is 4.72 Å². The van der Waals surface area contributed by atoms with Crippen LogP contribution in [0.3, 0.4) is 0 Å². The molecule has 2 rings (SSSR count). The SMILES string of the molecule is Cc1cc(NS(=O)(=O)C=Cc2ccccc2)n[nH]1. The zero-order valence-corrected chi connectivity index (χ0v) is 10.6. The molecule has 5 nitrogen and oxygen atoms in total. The van der Waals surface area contributed by atoms with Gasteiger partial charge in [-0.1, -0.05) is 30.3 Å². The fraction of sp³-hybridized carbons (Fsp3) is 0.0833. The first kappa shape index (κ1) is 12.4. The number of H-pyrrole nitrogens is 1. The Bertz CT molecular complexity index is 645. The van der Waals surface area contributed by atoms with Gasteiger partial charge >= 0.3 is 0 Å². The van der Waals surface area contributed by atoms with E-state index in [1.807, 2.05) is 30.3 Å². The molecular formula is C12H13N3O2S. The van der Waals surface area contributed by atoms with Crippen molar-refractivity contribution in [3.63, 3.8) is 0 Å². The van der Waals surface area contributed by atoms with Gasteiger partial charge in [0.1, 0.15) is 0 Å². The maximum Gasteiger partial charge on any atom is 0.256 e. The quantitative estimate of drug-likeness (QED) is 0.887. The topological polar surface area (TPSA) is 74.8 Å². The molecular weight excluding hydrogens is 250 g/mol. The van der Waals surface area contributed by atoms with Crippen molar-refractivity contribution >= 4 is 21.9 Å². The van der Waals surface area contributed by atoms with Gasteiger partial charge in [-0.15, -0.1) is 0 Å². The van der Waals surface area contributed by atoms with Crippen LogP contribution in [0.5, 0.6) is 0 Å². The summed E-state index contributed by atoms with van der Waals surface area (Å²) in [6.45, 7) is 1.80. The smallest absolute Gasteiger partial charge is 0.256 e. The summed E-state index contributed by atoms with van der Waals surface area (Å²) in [5, 5.41) is 7.59. The normalized spacial score (nSPS) is 11.8. The third kappa shape index (κ3) is 3.46. The molecule has 0 amide bonds. The molecule has 94 valence electrons. The number of aryl methyl sites for hydroxylation is 1. The predicted molar refractivity (Wildman–Crippen MR) is 71.3 cm³/mol. The average molecular weight is 263 g/mol. The number of aromatic amines is 1. The van der Waals surface area contributed by atoms with Gasteiger partial charge in [0, 0.05) is 11.8 Å². The van der Waals surface area contributed by atoms with Gasteiger partial charge in [0.05, 0.1) is 5.41 Å². The molecule has 0 atom stereocenters. The number of hydrogen-bond acceptors (Lipinski definition) is 3. The van der Waals surface area contributed by atoms with E-state index in [2.05, 4.69) is 14.9 Å². The summed E-state index contributed by atoms with van der Waals surface area (Å²) in [5.74, 6) is 0.283. The number of benzene rings is 1. The average Bonchev–Trinajstić information content (AvgIpc) is 2.73. The largest absolute Gasteiger partial charge is 0.281 e. The number of nitrogens with one attached hydrogen (secondary N) is 2. The number of sulfonamides is 1. The number of anilines is 1. The van der Waals surface area contributed by atoms with Crippen molar-refractivity contribution in [1.82, 2.24) is 10.2 Å². The van der Waals surface area contributed by atoms with E-state index in [0.29, 0.717) is 0 Å². The fourth-order valence-electron chi connectivity index (χ4n) is 1.38. The molecule has 0 aliphatic heterocycles. The Kier molecular flexibility index (Phi) is 3.47. The summed E-state index contributed by atoms with van der Waals surface area (Å²) in [6, 6.07) is 10.8. The van der Waals surface area contributed by atoms with Gasteiger partial charge in [0.15, 0.2) is 5.82 Å². The summed E-state index contributed by atoms with van der Waals surface area (Å²) in [7, 11) is -3.53. The molecule has 1 heterocycles. The lowest BCUT2D eigenvalue weighted by atomic mass is 10.2. The highest BCUT2D eigenvalue weighted by Crippen LogP contribution is 2.09. The van der Waals surface area contributed by atoms with Gasteiger partial charge in [0.25, 0.3) is 10.0 Å².